The lowest BCUT2D eigenvalue weighted by atomic mass is 9.97. The van der Waals surface area contributed by atoms with E-state index in [1.54, 1.807) is 31.4 Å². The van der Waals surface area contributed by atoms with Gasteiger partial charge < -0.3 is 4.74 Å². The van der Waals surface area contributed by atoms with Crippen LogP contribution in [0.2, 0.25) is 0 Å². The van der Waals surface area contributed by atoms with Crippen molar-refractivity contribution in [1.82, 2.24) is 4.98 Å². The Morgan fingerprint density at radius 1 is 0.583 bits per heavy atom. The van der Waals surface area contributed by atoms with Gasteiger partial charge in [-0.2, -0.15) is 0 Å². The summed E-state index contributed by atoms with van der Waals surface area (Å²) >= 11 is 0. The van der Waals surface area contributed by atoms with Gasteiger partial charge in [-0.05, 0) is 76.5 Å². The fraction of sp³-hybridized carbons (Fsp3) is 0.0357. The van der Waals surface area contributed by atoms with Crippen LogP contribution in [0.25, 0.3) is 44.4 Å². The highest BCUT2D eigenvalue weighted by atomic mass is 16.6. The van der Waals surface area contributed by atoms with Crippen LogP contribution in [0.5, 0.6) is 5.75 Å². The Balaban J connectivity index is 1.65. The quantitative estimate of drug-likeness (QED) is 0.191. The van der Waals surface area contributed by atoms with Gasteiger partial charge in [0, 0.05) is 35.4 Å². The van der Waals surface area contributed by atoms with Gasteiger partial charge in [-0.3, -0.25) is 20.2 Å². The van der Waals surface area contributed by atoms with Crippen LogP contribution in [-0.2, 0) is 0 Å². The van der Waals surface area contributed by atoms with E-state index in [2.05, 4.69) is 6.07 Å². The molecule has 1 heterocycles. The molecule has 0 amide bonds. The Bertz CT molecular complexity index is 1540. The van der Waals surface area contributed by atoms with E-state index in [1.807, 2.05) is 42.5 Å². The molecule has 8 heteroatoms. The van der Waals surface area contributed by atoms with Crippen molar-refractivity contribution in [2.45, 2.75) is 0 Å². The summed E-state index contributed by atoms with van der Waals surface area (Å²) in [5.41, 5.74) is 4.54. The third-order valence-corrected chi connectivity index (χ3v) is 5.95. The highest BCUT2D eigenvalue weighted by Gasteiger charge is 2.13. The fourth-order valence-corrected chi connectivity index (χ4v) is 4.03. The Morgan fingerprint density at radius 3 is 1.56 bits per heavy atom. The number of hydrogen-bond acceptors (Lipinski definition) is 6. The minimum Gasteiger partial charge on any atom is -0.497 e. The molecular formula is C28H19N3O5. The number of aromatic nitrogens is 1. The number of rotatable bonds is 6. The third-order valence-electron chi connectivity index (χ3n) is 5.95. The minimum atomic E-state index is -0.444. The van der Waals surface area contributed by atoms with E-state index in [0.717, 1.165) is 38.8 Å². The smallest absolute Gasteiger partial charge is 0.269 e. The van der Waals surface area contributed by atoms with Gasteiger partial charge in [0.25, 0.3) is 11.4 Å². The molecule has 0 atom stereocenters. The van der Waals surface area contributed by atoms with Crippen molar-refractivity contribution < 1.29 is 14.6 Å². The highest BCUT2D eigenvalue weighted by Crippen LogP contribution is 2.33. The van der Waals surface area contributed by atoms with Gasteiger partial charge in [0.05, 0.1) is 28.3 Å². The number of hydrogen-bond donors (Lipinski definition) is 0. The van der Waals surface area contributed by atoms with Crippen LogP contribution in [0.4, 0.5) is 11.4 Å². The molecule has 0 spiro atoms. The molecule has 0 aliphatic carbocycles. The number of pyridine rings is 1. The molecule has 0 saturated carbocycles. The number of benzene rings is 4. The van der Waals surface area contributed by atoms with Gasteiger partial charge in [0.2, 0.25) is 0 Å². The number of nitro benzene ring substituents is 2. The van der Waals surface area contributed by atoms with Crippen molar-refractivity contribution in [3.63, 3.8) is 0 Å². The van der Waals surface area contributed by atoms with E-state index >= 15 is 0 Å². The average molecular weight is 477 g/mol. The molecule has 36 heavy (non-hydrogen) atoms. The van der Waals surface area contributed by atoms with Crippen molar-refractivity contribution in [3.05, 3.63) is 117 Å². The van der Waals surface area contributed by atoms with E-state index < -0.39 is 9.85 Å². The second-order valence-corrected chi connectivity index (χ2v) is 8.16. The van der Waals surface area contributed by atoms with Gasteiger partial charge in [-0.15, -0.1) is 0 Å². The Hall–Kier alpha value is -5.11. The van der Waals surface area contributed by atoms with Crippen molar-refractivity contribution in [2.75, 3.05) is 7.11 Å². The van der Waals surface area contributed by atoms with Gasteiger partial charge in [-0.25, -0.2) is 4.98 Å². The highest BCUT2D eigenvalue weighted by molar-refractivity contribution is 5.89. The lowest BCUT2D eigenvalue weighted by Crippen LogP contribution is -1.93. The first-order valence-corrected chi connectivity index (χ1v) is 11.0. The lowest BCUT2D eigenvalue weighted by Gasteiger charge is -2.11. The Kier molecular flexibility index (Phi) is 5.83. The molecule has 1 aromatic heterocycles. The number of nitro groups is 2. The molecule has 0 N–H and O–H groups in total. The zero-order valence-corrected chi connectivity index (χ0v) is 19.1. The monoisotopic (exact) mass is 477 g/mol. The summed E-state index contributed by atoms with van der Waals surface area (Å²) in [4.78, 5) is 26.1. The SMILES string of the molecule is COc1ccc2cc(-c3cc(-c4ccc([N+](=O)[O-])cc4)nc(-c4ccc([N+](=O)[O-])cc4)c3)ccc2c1. The molecule has 5 rings (SSSR count). The van der Waals surface area contributed by atoms with Crippen molar-refractivity contribution >= 4 is 22.1 Å². The third kappa shape index (κ3) is 4.47. The summed E-state index contributed by atoms with van der Waals surface area (Å²) in [6, 6.07) is 28.3. The van der Waals surface area contributed by atoms with Crippen LogP contribution in [0, 0.1) is 20.2 Å². The van der Waals surface area contributed by atoms with Crippen LogP contribution in [-0.4, -0.2) is 21.9 Å². The molecule has 0 saturated heterocycles. The maximum atomic E-state index is 11.1. The summed E-state index contributed by atoms with van der Waals surface area (Å²) in [6.07, 6.45) is 0. The number of fused-ring (bicyclic) bond motifs is 1. The maximum absolute atomic E-state index is 11.1. The van der Waals surface area contributed by atoms with E-state index in [9.17, 15) is 20.2 Å². The average Bonchev–Trinajstić information content (AvgIpc) is 2.92. The van der Waals surface area contributed by atoms with Gasteiger partial charge in [0.1, 0.15) is 5.75 Å². The van der Waals surface area contributed by atoms with E-state index in [-0.39, 0.29) is 11.4 Å². The molecule has 5 aromatic rings. The van der Waals surface area contributed by atoms with Crippen LogP contribution < -0.4 is 4.74 Å². The summed E-state index contributed by atoms with van der Waals surface area (Å²) in [7, 11) is 1.63. The lowest BCUT2D eigenvalue weighted by molar-refractivity contribution is -0.385. The second-order valence-electron chi connectivity index (χ2n) is 8.16. The van der Waals surface area contributed by atoms with Gasteiger partial charge >= 0.3 is 0 Å². The van der Waals surface area contributed by atoms with E-state index in [4.69, 9.17) is 9.72 Å². The molecule has 0 aliphatic rings. The molecule has 0 aliphatic heterocycles. The van der Waals surface area contributed by atoms with Crippen LogP contribution in [0.3, 0.4) is 0 Å². The molecule has 0 bridgehead atoms. The predicted molar refractivity (Wildman–Crippen MR) is 138 cm³/mol. The molecule has 0 unspecified atom stereocenters. The zero-order valence-electron chi connectivity index (χ0n) is 19.1. The summed E-state index contributed by atoms with van der Waals surface area (Å²) in [5.74, 6) is 0.778. The number of non-ortho nitro benzene ring substituents is 2. The summed E-state index contributed by atoms with van der Waals surface area (Å²) in [5, 5.41) is 24.2. The standard InChI is InChI=1S/C28H19N3O5/c1-36-26-13-8-20-14-21(2-3-22(20)15-26)23-16-27(18-4-9-24(10-5-18)30(32)33)29-28(17-23)19-6-11-25(12-7-19)31(34)35/h2-17H,1H3. The van der Waals surface area contributed by atoms with Crippen molar-refractivity contribution in [2.24, 2.45) is 0 Å². The first-order chi connectivity index (χ1) is 17.4. The van der Waals surface area contributed by atoms with E-state index in [0.29, 0.717) is 11.4 Å². The molecule has 4 aromatic carbocycles. The van der Waals surface area contributed by atoms with E-state index in [1.165, 1.54) is 24.3 Å². The van der Waals surface area contributed by atoms with Gasteiger partial charge in [0.15, 0.2) is 0 Å². The Labute approximate surface area is 205 Å². The summed E-state index contributed by atoms with van der Waals surface area (Å²) < 4.78 is 5.32. The van der Waals surface area contributed by atoms with Crippen molar-refractivity contribution in [3.8, 4) is 39.4 Å². The minimum absolute atomic E-state index is 0.00421. The number of ether oxygens (including phenoxy) is 1. The predicted octanol–water partition coefficient (Wildman–Crippen LogP) is 7.06. The molecule has 8 nitrogen and oxygen atoms in total. The number of methoxy groups -OCH3 is 1. The first kappa shape index (κ1) is 22.7. The summed E-state index contributed by atoms with van der Waals surface area (Å²) in [6.45, 7) is 0. The van der Waals surface area contributed by atoms with Crippen LogP contribution in [0.15, 0.2) is 97.1 Å². The van der Waals surface area contributed by atoms with Gasteiger partial charge in [-0.1, -0.05) is 18.2 Å². The molecule has 0 fully saturated rings. The normalized spacial score (nSPS) is 10.8. The van der Waals surface area contributed by atoms with Crippen molar-refractivity contribution in [1.29, 1.82) is 0 Å². The van der Waals surface area contributed by atoms with Crippen LogP contribution >= 0.6 is 0 Å². The van der Waals surface area contributed by atoms with Crippen LogP contribution in [0.1, 0.15) is 0 Å². The molecule has 0 radical (unpaired) electrons. The molecule has 176 valence electrons. The first-order valence-electron chi connectivity index (χ1n) is 11.0. The second kappa shape index (κ2) is 9.27. The topological polar surface area (TPSA) is 108 Å². The Morgan fingerprint density at radius 2 is 1.06 bits per heavy atom. The largest absolute Gasteiger partial charge is 0.497 e. The molecular weight excluding hydrogens is 458 g/mol. The number of nitrogens with zero attached hydrogens (tertiary/aromatic N) is 3. The maximum Gasteiger partial charge on any atom is 0.269 e. The fourth-order valence-electron chi connectivity index (χ4n) is 4.03. The zero-order chi connectivity index (χ0) is 25.2.